The highest BCUT2D eigenvalue weighted by atomic mass is 16.5. The molecule has 0 bridgehead atoms. The van der Waals surface area contributed by atoms with Gasteiger partial charge in [-0.25, -0.2) is 4.98 Å². The molecule has 0 N–H and O–H groups in total. The van der Waals surface area contributed by atoms with Gasteiger partial charge in [-0.2, -0.15) is 0 Å². The Morgan fingerprint density at radius 2 is 1.95 bits per heavy atom. The fraction of sp³-hybridized carbons (Fsp3) is 0.414. The van der Waals surface area contributed by atoms with E-state index in [1.807, 2.05) is 36.0 Å². The largest absolute Gasteiger partial charge is 0.493 e. The van der Waals surface area contributed by atoms with E-state index in [4.69, 9.17) is 18.9 Å². The van der Waals surface area contributed by atoms with Crippen molar-refractivity contribution in [3.05, 3.63) is 65.2 Å². The lowest BCUT2D eigenvalue weighted by atomic mass is 9.76. The lowest BCUT2D eigenvalue weighted by Crippen LogP contribution is -2.44. The Morgan fingerprint density at radius 1 is 1.11 bits per heavy atom. The van der Waals surface area contributed by atoms with Crippen LogP contribution in [0.3, 0.4) is 0 Å². The van der Waals surface area contributed by atoms with Crippen LogP contribution < -0.4 is 18.9 Å². The van der Waals surface area contributed by atoms with Gasteiger partial charge in [0.2, 0.25) is 0 Å². The molecule has 8 nitrogen and oxygen atoms in total. The van der Waals surface area contributed by atoms with Gasteiger partial charge in [0.15, 0.2) is 17.3 Å². The zero-order valence-corrected chi connectivity index (χ0v) is 21.1. The number of Topliss-reactive ketones (excluding diaryl/α,β-unsaturated/α-hetero) is 1. The first-order chi connectivity index (χ1) is 18.0. The zero-order valence-electron chi connectivity index (χ0n) is 21.1. The Bertz CT molecular complexity index is 1370. The summed E-state index contributed by atoms with van der Waals surface area (Å²) >= 11 is 0. The van der Waals surface area contributed by atoms with Crippen molar-refractivity contribution in [3.63, 3.8) is 0 Å². The molecular formula is C29H30N2O6. The van der Waals surface area contributed by atoms with E-state index < -0.39 is 5.60 Å². The smallest absolute Gasteiger partial charge is 0.312 e. The normalized spacial score (nSPS) is 20.0. The average Bonchev–Trinajstić information content (AvgIpc) is 3.31. The van der Waals surface area contributed by atoms with Crippen LogP contribution in [0.4, 0.5) is 0 Å². The first-order valence-electron chi connectivity index (χ1n) is 12.8. The predicted molar refractivity (Wildman–Crippen MR) is 134 cm³/mol. The Balaban J connectivity index is 1.38. The van der Waals surface area contributed by atoms with Crippen LogP contribution in [0, 0.1) is 0 Å². The van der Waals surface area contributed by atoms with Gasteiger partial charge >= 0.3 is 5.97 Å². The van der Waals surface area contributed by atoms with Crippen molar-refractivity contribution in [1.82, 2.24) is 9.55 Å². The molecule has 2 aromatic carbocycles. The number of aromatic nitrogens is 2. The number of fused-ring (bicyclic) bond motifs is 3. The molecule has 37 heavy (non-hydrogen) atoms. The number of benzene rings is 2. The number of carbonyl (C=O) groups is 2. The van der Waals surface area contributed by atoms with Crippen molar-refractivity contribution < 1.29 is 28.5 Å². The summed E-state index contributed by atoms with van der Waals surface area (Å²) in [4.78, 5) is 30.2. The van der Waals surface area contributed by atoms with Crippen LogP contribution in [0.1, 0.15) is 78.2 Å². The molecule has 0 radical (unpaired) electrons. The van der Waals surface area contributed by atoms with Crippen LogP contribution in [0.25, 0.3) is 0 Å². The molecule has 1 spiro atoms. The van der Waals surface area contributed by atoms with Crippen molar-refractivity contribution in [1.29, 1.82) is 0 Å². The van der Waals surface area contributed by atoms with Gasteiger partial charge in [-0.1, -0.05) is 12.5 Å². The second kappa shape index (κ2) is 9.25. The van der Waals surface area contributed by atoms with Crippen molar-refractivity contribution >= 4 is 11.8 Å². The summed E-state index contributed by atoms with van der Waals surface area (Å²) < 4.78 is 25.9. The van der Waals surface area contributed by atoms with Crippen molar-refractivity contribution in [2.75, 3.05) is 7.11 Å². The number of carbonyl (C=O) groups excluding carboxylic acids is 2. The quantitative estimate of drug-likeness (QED) is 0.354. The standard InChI is InChI=1S/C29H30N2O6/c1-31-13-12-30-25(31)17-35-22-8-6-18(14-24(22)34-2)20-15-26(33)36-23-9-7-19-21(32)16-29(10-4-3-5-11-29)37-28(19)27(20)23/h6-9,12-14,20H,3-5,10-11,15-17H2,1-2H3. The number of aryl methyl sites for hydroxylation is 1. The maximum atomic E-state index is 13.3. The third-order valence-corrected chi connectivity index (χ3v) is 7.83. The van der Waals surface area contributed by atoms with Crippen molar-refractivity contribution in [2.45, 2.75) is 63.1 Å². The number of hydrogen-bond acceptors (Lipinski definition) is 7. The monoisotopic (exact) mass is 502 g/mol. The van der Waals surface area contributed by atoms with E-state index in [1.54, 1.807) is 25.4 Å². The second-order valence-electron chi connectivity index (χ2n) is 10.2. The Hall–Kier alpha value is -3.81. The fourth-order valence-corrected chi connectivity index (χ4v) is 5.86. The van der Waals surface area contributed by atoms with Gasteiger partial charge in [-0.05, 0) is 55.5 Å². The van der Waals surface area contributed by atoms with E-state index in [0.717, 1.165) is 49.1 Å². The average molecular weight is 503 g/mol. The first kappa shape index (κ1) is 23.6. The number of esters is 1. The minimum absolute atomic E-state index is 0.0946. The highest BCUT2D eigenvalue weighted by molar-refractivity contribution is 6.01. The summed E-state index contributed by atoms with van der Waals surface area (Å²) in [6.07, 6.45) is 9.12. The van der Waals surface area contributed by atoms with Crippen LogP contribution in [-0.2, 0) is 18.4 Å². The number of methoxy groups -OCH3 is 1. The van der Waals surface area contributed by atoms with Gasteiger partial charge in [-0.3, -0.25) is 9.59 Å². The van der Waals surface area contributed by atoms with Crippen molar-refractivity contribution in [2.24, 2.45) is 7.05 Å². The van der Waals surface area contributed by atoms with Crippen LogP contribution in [0.2, 0.25) is 0 Å². The number of ether oxygens (including phenoxy) is 4. The van der Waals surface area contributed by atoms with E-state index in [1.165, 1.54) is 0 Å². The number of ketones is 1. The molecule has 2 aliphatic heterocycles. The van der Waals surface area contributed by atoms with Gasteiger partial charge in [-0.15, -0.1) is 0 Å². The fourth-order valence-electron chi connectivity index (χ4n) is 5.86. The molecule has 0 amide bonds. The SMILES string of the molecule is COc1cc(C2CC(=O)Oc3ccc4c(c32)OC2(CCCCC2)CC4=O)ccc1OCc1nccn1C. The van der Waals surface area contributed by atoms with E-state index >= 15 is 0 Å². The molecule has 0 saturated heterocycles. The summed E-state index contributed by atoms with van der Waals surface area (Å²) in [5, 5.41) is 0. The molecule has 1 aliphatic carbocycles. The van der Waals surface area contributed by atoms with Crippen LogP contribution >= 0.6 is 0 Å². The highest BCUT2D eigenvalue weighted by Crippen LogP contribution is 2.51. The van der Waals surface area contributed by atoms with E-state index in [2.05, 4.69) is 4.98 Å². The first-order valence-corrected chi connectivity index (χ1v) is 12.8. The predicted octanol–water partition coefficient (Wildman–Crippen LogP) is 5.12. The van der Waals surface area contributed by atoms with Crippen molar-refractivity contribution in [3.8, 4) is 23.0 Å². The number of imidazole rings is 1. The highest BCUT2D eigenvalue weighted by Gasteiger charge is 2.44. The number of nitrogens with zero attached hydrogens (tertiary/aromatic N) is 2. The summed E-state index contributed by atoms with van der Waals surface area (Å²) in [7, 11) is 3.50. The lowest BCUT2D eigenvalue weighted by Gasteiger charge is -2.42. The minimum atomic E-state index is -0.468. The van der Waals surface area contributed by atoms with Gasteiger partial charge in [0.25, 0.3) is 0 Å². The Labute approximate surface area is 215 Å². The van der Waals surface area contributed by atoms with Gasteiger partial charge in [0.05, 0.1) is 25.5 Å². The molecule has 1 fully saturated rings. The molecule has 3 aromatic rings. The summed E-state index contributed by atoms with van der Waals surface area (Å²) in [5.74, 6) is 2.39. The van der Waals surface area contributed by atoms with Crippen LogP contribution in [0.5, 0.6) is 23.0 Å². The molecule has 1 aromatic heterocycles. The van der Waals surface area contributed by atoms with Gasteiger partial charge in [0.1, 0.15) is 29.5 Å². The lowest BCUT2D eigenvalue weighted by molar-refractivity contribution is -0.135. The molecule has 1 saturated carbocycles. The third kappa shape index (κ3) is 4.24. The molecule has 192 valence electrons. The summed E-state index contributed by atoms with van der Waals surface area (Å²) in [5.41, 5.74) is 1.73. The maximum Gasteiger partial charge on any atom is 0.312 e. The molecular weight excluding hydrogens is 472 g/mol. The maximum absolute atomic E-state index is 13.3. The van der Waals surface area contributed by atoms with E-state index in [9.17, 15) is 9.59 Å². The van der Waals surface area contributed by atoms with Crippen LogP contribution in [-0.4, -0.2) is 34.0 Å². The number of rotatable bonds is 5. The Kier molecular flexibility index (Phi) is 5.89. The summed E-state index contributed by atoms with van der Waals surface area (Å²) in [6.45, 7) is 0.295. The molecule has 3 aliphatic rings. The zero-order chi connectivity index (χ0) is 25.6. The second-order valence-corrected chi connectivity index (χ2v) is 10.2. The number of hydrogen-bond donors (Lipinski definition) is 0. The summed E-state index contributed by atoms with van der Waals surface area (Å²) in [6, 6.07) is 9.13. The molecule has 1 atom stereocenters. The minimum Gasteiger partial charge on any atom is -0.493 e. The molecule has 1 unspecified atom stereocenters. The molecule has 3 heterocycles. The Morgan fingerprint density at radius 3 is 2.70 bits per heavy atom. The van der Waals surface area contributed by atoms with E-state index in [0.29, 0.717) is 41.6 Å². The molecule has 8 heteroatoms. The third-order valence-electron chi connectivity index (χ3n) is 7.83. The topological polar surface area (TPSA) is 88.9 Å². The molecule has 6 rings (SSSR count). The van der Waals surface area contributed by atoms with E-state index in [-0.39, 0.29) is 24.1 Å². The van der Waals surface area contributed by atoms with Gasteiger partial charge < -0.3 is 23.5 Å². The van der Waals surface area contributed by atoms with Crippen LogP contribution in [0.15, 0.2) is 42.7 Å². The van der Waals surface area contributed by atoms with Gasteiger partial charge in [0, 0.05) is 30.9 Å².